The van der Waals surface area contributed by atoms with Crippen LogP contribution in [-0.2, 0) is 9.59 Å². The van der Waals surface area contributed by atoms with Crippen LogP contribution >= 0.6 is 11.8 Å². The summed E-state index contributed by atoms with van der Waals surface area (Å²) in [6.07, 6.45) is 4.09. The van der Waals surface area contributed by atoms with Gasteiger partial charge in [0.1, 0.15) is 0 Å². The van der Waals surface area contributed by atoms with Gasteiger partial charge in [0, 0.05) is 24.1 Å². The second kappa shape index (κ2) is 9.57. The van der Waals surface area contributed by atoms with Gasteiger partial charge in [-0.05, 0) is 23.8 Å². The summed E-state index contributed by atoms with van der Waals surface area (Å²) in [5.41, 5.74) is 2.49. The molecule has 0 aromatic heterocycles. The third kappa shape index (κ3) is 6.71. The van der Waals surface area contributed by atoms with Crippen LogP contribution in [0.25, 0.3) is 6.08 Å². The molecule has 4 nitrogen and oxygen atoms in total. The average molecular weight is 340 g/mol. The first-order chi connectivity index (χ1) is 11.6. The molecule has 0 aliphatic rings. The minimum absolute atomic E-state index is 0.0620. The molecule has 5 heteroatoms. The van der Waals surface area contributed by atoms with Crippen molar-refractivity contribution in [3.05, 3.63) is 66.2 Å². The van der Waals surface area contributed by atoms with Gasteiger partial charge in [0.25, 0.3) is 0 Å². The van der Waals surface area contributed by atoms with Crippen molar-refractivity contribution in [2.24, 2.45) is 0 Å². The Hall–Kier alpha value is -2.53. The number of carbonyl (C=O) groups excluding carboxylic acids is 2. The topological polar surface area (TPSA) is 58.2 Å². The van der Waals surface area contributed by atoms with Gasteiger partial charge in [-0.3, -0.25) is 9.59 Å². The fourth-order valence-electron chi connectivity index (χ4n) is 2.04. The minimum atomic E-state index is -0.140. The maximum atomic E-state index is 11.9. The first-order valence-corrected chi connectivity index (χ1v) is 8.76. The molecule has 0 unspecified atom stereocenters. The predicted molar refractivity (Wildman–Crippen MR) is 102 cm³/mol. The van der Waals surface area contributed by atoms with Crippen LogP contribution in [0.5, 0.6) is 0 Å². The van der Waals surface area contributed by atoms with Gasteiger partial charge < -0.3 is 10.6 Å². The number of thioether (sulfide) groups is 1. The fraction of sp³-hybridized carbons (Fsp3) is 0.158. The summed E-state index contributed by atoms with van der Waals surface area (Å²) in [6.45, 7) is 1.45. The second-order valence-electron chi connectivity index (χ2n) is 5.14. The van der Waals surface area contributed by atoms with E-state index in [1.54, 1.807) is 36.0 Å². The zero-order chi connectivity index (χ0) is 17.2. The molecule has 0 saturated carbocycles. The summed E-state index contributed by atoms with van der Waals surface area (Å²) in [6, 6.07) is 17.1. The van der Waals surface area contributed by atoms with Crippen molar-refractivity contribution in [3.63, 3.8) is 0 Å². The highest BCUT2D eigenvalue weighted by Crippen LogP contribution is 2.15. The van der Waals surface area contributed by atoms with Crippen molar-refractivity contribution in [3.8, 4) is 0 Å². The van der Waals surface area contributed by atoms with Crippen LogP contribution in [0.1, 0.15) is 12.5 Å². The van der Waals surface area contributed by atoms with Gasteiger partial charge in [0.2, 0.25) is 11.8 Å². The van der Waals surface area contributed by atoms with Crippen LogP contribution in [0.3, 0.4) is 0 Å². The Labute approximate surface area is 146 Å². The lowest BCUT2D eigenvalue weighted by Gasteiger charge is -2.07. The third-order valence-corrected chi connectivity index (χ3v) is 3.92. The van der Waals surface area contributed by atoms with Crippen molar-refractivity contribution in [1.82, 2.24) is 0 Å². The van der Waals surface area contributed by atoms with Gasteiger partial charge in [-0.2, -0.15) is 0 Å². The number of anilines is 2. The molecule has 0 saturated heterocycles. The summed E-state index contributed by atoms with van der Waals surface area (Å²) in [4.78, 5) is 23.0. The van der Waals surface area contributed by atoms with Gasteiger partial charge in [-0.1, -0.05) is 48.6 Å². The molecule has 0 aliphatic carbocycles. The van der Waals surface area contributed by atoms with E-state index in [9.17, 15) is 9.59 Å². The van der Waals surface area contributed by atoms with E-state index < -0.39 is 0 Å². The van der Waals surface area contributed by atoms with E-state index in [1.807, 2.05) is 42.5 Å². The number of amides is 2. The molecule has 2 rings (SSSR count). The van der Waals surface area contributed by atoms with E-state index in [4.69, 9.17) is 0 Å². The Morgan fingerprint density at radius 3 is 2.42 bits per heavy atom. The highest BCUT2D eigenvalue weighted by Gasteiger charge is 2.03. The van der Waals surface area contributed by atoms with Gasteiger partial charge >= 0.3 is 0 Å². The van der Waals surface area contributed by atoms with Crippen LogP contribution in [-0.4, -0.2) is 23.3 Å². The smallest absolute Gasteiger partial charge is 0.234 e. The van der Waals surface area contributed by atoms with Gasteiger partial charge in [-0.15, -0.1) is 11.8 Å². The molecule has 2 N–H and O–H groups in total. The van der Waals surface area contributed by atoms with Crippen molar-refractivity contribution in [1.29, 1.82) is 0 Å². The fourth-order valence-corrected chi connectivity index (χ4v) is 2.65. The molecule has 0 bridgehead atoms. The zero-order valence-corrected chi connectivity index (χ0v) is 14.3. The molecule has 0 spiro atoms. The van der Waals surface area contributed by atoms with Crippen LogP contribution < -0.4 is 10.6 Å². The van der Waals surface area contributed by atoms with E-state index in [0.29, 0.717) is 17.1 Å². The second-order valence-corrected chi connectivity index (χ2v) is 6.17. The molecule has 24 heavy (non-hydrogen) atoms. The summed E-state index contributed by atoms with van der Waals surface area (Å²) >= 11 is 1.55. The van der Waals surface area contributed by atoms with E-state index in [-0.39, 0.29) is 11.8 Å². The average Bonchev–Trinajstić information content (AvgIpc) is 2.55. The maximum Gasteiger partial charge on any atom is 0.234 e. The number of benzene rings is 2. The number of carbonyl (C=O) groups is 2. The lowest BCUT2D eigenvalue weighted by Crippen LogP contribution is -2.14. The first kappa shape index (κ1) is 17.8. The SMILES string of the molecule is CC(=O)Nc1cccc(NC(=O)CSC/C=C/c2ccccc2)c1. The predicted octanol–water partition coefficient (Wildman–Crippen LogP) is 4.03. The minimum Gasteiger partial charge on any atom is -0.326 e. The molecule has 0 aliphatic heterocycles. The van der Waals surface area contributed by atoms with E-state index in [1.165, 1.54) is 6.92 Å². The summed E-state index contributed by atoms with van der Waals surface area (Å²) in [5, 5.41) is 5.52. The van der Waals surface area contributed by atoms with Crippen molar-refractivity contribution in [2.75, 3.05) is 22.1 Å². The van der Waals surface area contributed by atoms with E-state index >= 15 is 0 Å². The number of nitrogens with one attached hydrogen (secondary N) is 2. The molecular weight excluding hydrogens is 320 g/mol. The lowest BCUT2D eigenvalue weighted by molar-refractivity contribution is -0.114. The van der Waals surface area contributed by atoms with Gasteiger partial charge in [0.05, 0.1) is 5.75 Å². The Morgan fingerprint density at radius 1 is 1.00 bits per heavy atom. The number of hydrogen-bond acceptors (Lipinski definition) is 3. The third-order valence-electron chi connectivity index (χ3n) is 3.02. The Morgan fingerprint density at radius 2 is 1.71 bits per heavy atom. The monoisotopic (exact) mass is 340 g/mol. The normalized spacial score (nSPS) is 10.5. The van der Waals surface area contributed by atoms with Crippen molar-refractivity contribution < 1.29 is 9.59 Å². The van der Waals surface area contributed by atoms with Crippen molar-refractivity contribution in [2.45, 2.75) is 6.92 Å². The van der Waals surface area contributed by atoms with E-state index in [0.717, 1.165) is 11.3 Å². The summed E-state index contributed by atoms with van der Waals surface area (Å²) in [5.74, 6) is 0.949. The largest absolute Gasteiger partial charge is 0.326 e. The molecule has 0 radical (unpaired) electrons. The lowest BCUT2D eigenvalue weighted by atomic mass is 10.2. The Bertz CT molecular complexity index is 714. The highest BCUT2D eigenvalue weighted by atomic mass is 32.2. The number of rotatable bonds is 7. The molecule has 2 amide bonds. The molecule has 124 valence electrons. The molecular formula is C19H20N2O2S. The molecule has 2 aromatic rings. The van der Waals surface area contributed by atoms with Crippen LogP contribution in [0, 0.1) is 0 Å². The Kier molecular flexibility index (Phi) is 7.11. The quantitative estimate of drug-likeness (QED) is 0.748. The van der Waals surface area contributed by atoms with Crippen LogP contribution in [0.4, 0.5) is 11.4 Å². The van der Waals surface area contributed by atoms with Crippen LogP contribution in [0.2, 0.25) is 0 Å². The standard InChI is InChI=1S/C19H20N2O2S/c1-15(22)20-17-10-5-11-18(13-17)21-19(23)14-24-12-6-9-16-7-3-2-4-8-16/h2-11,13H,12,14H2,1H3,(H,20,22)(H,21,23)/b9-6+. The Balaban J connectivity index is 1.73. The zero-order valence-electron chi connectivity index (χ0n) is 13.5. The van der Waals surface area contributed by atoms with Gasteiger partial charge in [0.15, 0.2) is 0 Å². The van der Waals surface area contributed by atoms with Gasteiger partial charge in [-0.25, -0.2) is 0 Å². The maximum absolute atomic E-state index is 11.9. The first-order valence-electron chi connectivity index (χ1n) is 7.60. The van der Waals surface area contributed by atoms with E-state index in [2.05, 4.69) is 10.6 Å². The molecule has 0 fully saturated rings. The molecule has 2 aromatic carbocycles. The van der Waals surface area contributed by atoms with Crippen molar-refractivity contribution >= 4 is 41.0 Å². The summed E-state index contributed by atoms with van der Waals surface area (Å²) in [7, 11) is 0. The molecule has 0 heterocycles. The molecule has 0 atom stereocenters. The van der Waals surface area contributed by atoms with Crippen LogP contribution in [0.15, 0.2) is 60.7 Å². The highest BCUT2D eigenvalue weighted by molar-refractivity contribution is 8.00. The number of hydrogen-bond donors (Lipinski definition) is 2. The summed E-state index contributed by atoms with van der Waals surface area (Å²) < 4.78 is 0.